The minimum atomic E-state index is 0.904. The van der Waals surface area contributed by atoms with Crippen LogP contribution in [-0.4, -0.2) is 50.2 Å². The van der Waals surface area contributed by atoms with Gasteiger partial charge in [0.2, 0.25) is 0 Å². The third-order valence-electron chi connectivity index (χ3n) is 1.89. The van der Waals surface area contributed by atoms with Crippen molar-refractivity contribution in [3.8, 4) is 0 Å². The van der Waals surface area contributed by atoms with Crippen LogP contribution < -0.4 is 0 Å². The molecule has 0 N–H and O–H groups in total. The van der Waals surface area contributed by atoms with E-state index >= 15 is 0 Å². The van der Waals surface area contributed by atoms with Crippen LogP contribution in [0.15, 0.2) is 0 Å². The van der Waals surface area contributed by atoms with Gasteiger partial charge in [-0.05, 0) is 0 Å². The fraction of sp³-hybridized carbons (Fsp3) is 1.00. The summed E-state index contributed by atoms with van der Waals surface area (Å²) in [6, 6.07) is 0. The molecule has 0 aromatic rings. The summed E-state index contributed by atoms with van der Waals surface area (Å²) in [5.74, 6) is 0.904. The molecule has 0 unspecified atom stereocenters. The van der Waals surface area contributed by atoms with Crippen molar-refractivity contribution in [3.63, 3.8) is 0 Å². The van der Waals surface area contributed by atoms with Gasteiger partial charge in [-0.3, -0.25) is 0 Å². The molecule has 0 aliphatic carbocycles. The first-order valence-electron chi connectivity index (χ1n) is 4.77. The average molecular weight is 127 g/mol. The first kappa shape index (κ1) is 10.5. The van der Waals surface area contributed by atoms with Gasteiger partial charge >= 0.3 is 0 Å². The number of hydrogen-bond donors (Lipinski definition) is 0. The van der Waals surface area contributed by atoms with Crippen LogP contribution in [0.1, 0.15) is 13.8 Å². The van der Waals surface area contributed by atoms with Crippen LogP contribution in [0, 0.1) is 0 Å². The van der Waals surface area contributed by atoms with Gasteiger partial charge in [-0.2, -0.15) is 0 Å². The van der Waals surface area contributed by atoms with Crippen LogP contribution in [0.25, 0.3) is 0 Å². The molecule has 0 saturated heterocycles. The lowest BCUT2D eigenvalue weighted by molar-refractivity contribution is 1.07. The molecule has 0 saturated carbocycles. The zero-order valence-corrected chi connectivity index (χ0v) is 7.82. The van der Waals surface area contributed by atoms with Crippen molar-refractivity contribution in [2.24, 2.45) is 0 Å². The van der Waals surface area contributed by atoms with Crippen molar-refractivity contribution in [1.29, 1.82) is 0 Å². The third-order valence-corrected chi connectivity index (χ3v) is 1.89. The molecule has 0 nitrogen and oxygen atoms in total. The molecule has 48 valence electrons. The number of hydrogen-bond acceptors (Lipinski definition) is 0. The highest BCUT2D eigenvalue weighted by Crippen LogP contribution is 1.92. The standard InChI is InChI=1S/C3H15B7/c1-3(2)5-7-9-10-8-6-4/h3,5-10H,4H2,1-2H3. The molecule has 0 fully saturated rings. The van der Waals surface area contributed by atoms with E-state index in [2.05, 4.69) is 21.6 Å². The minimum absolute atomic E-state index is 0.904. The Kier molecular flexibility index (Phi) is 7.90. The van der Waals surface area contributed by atoms with Crippen LogP contribution in [0.3, 0.4) is 0 Å². The highest BCUT2D eigenvalue weighted by molar-refractivity contribution is 7.62. The number of rotatable bonds is 6. The molecule has 0 aliphatic heterocycles. The van der Waals surface area contributed by atoms with E-state index in [1.807, 2.05) is 0 Å². The Morgan fingerprint density at radius 1 is 1.00 bits per heavy atom. The summed E-state index contributed by atoms with van der Waals surface area (Å²) in [5.41, 5.74) is 0. The molecule has 7 heteroatoms. The minimum Gasteiger partial charge on any atom is -0.0796 e. The van der Waals surface area contributed by atoms with Crippen LogP contribution in [0.5, 0.6) is 0 Å². The Balaban J connectivity index is 2.77. The van der Waals surface area contributed by atoms with Gasteiger partial charge in [-0.15, -0.1) is 0 Å². The molecule has 10 heavy (non-hydrogen) atoms. The zero-order chi connectivity index (χ0) is 7.82. The highest BCUT2D eigenvalue weighted by Gasteiger charge is 1.99. The first-order valence-corrected chi connectivity index (χ1v) is 4.77. The molecule has 0 spiro atoms. The molecular formula is C3H15B7. The van der Waals surface area contributed by atoms with E-state index in [1.54, 1.807) is 0 Å². The lowest BCUT2D eigenvalue weighted by Crippen LogP contribution is -2.27. The van der Waals surface area contributed by atoms with E-state index in [0.29, 0.717) is 0 Å². The lowest BCUT2D eigenvalue weighted by atomic mass is 8.94. The van der Waals surface area contributed by atoms with Crippen LogP contribution in [-0.2, 0) is 0 Å². The van der Waals surface area contributed by atoms with Crippen LogP contribution >= 0.6 is 0 Å². The van der Waals surface area contributed by atoms with Gasteiger partial charge in [0, 0.05) is 35.3 Å². The second-order valence-corrected chi connectivity index (χ2v) is 3.60. The normalized spacial score (nSPS) is 8.30. The molecular weight excluding hydrogens is 112 g/mol. The van der Waals surface area contributed by atoms with Gasteiger partial charge in [0.1, 0.15) is 0 Å². The Morgan fingerprint density at radius 3 is 2.10 bits per heavy atom. The topological polar surface area (TPSA) is 0 Å². The lowest BCUT2D eigenvalue weighted by Gasteiger charge is -1.96. The largest absolute Gasteiger partial charge is 0.0808 e. The van der Waals surface area contributed by atoms with E-state index in [9.17, 15) is 0 Å². The SMILES string of the molecule is BBBBBBBC(C)C. The zero-order valence-electron chi connectivity index (χ0n) is 7.82. The third kappa shape index (κ3) is 8.45. The van der Waals surface area contributed by atoms with Crippen molar-refractivity contribution < 1.29 is 0 Å². The molecule has 0 heterocycles. The fourth-order valence-electron chi connectivity index (χ4n) is 1.16. The van der Waals surface area contributed by atoms with E-state index in [-0.39, 0.29) is 0 Å². The maximum Gasteiger partial charge on any atom is 0.0808 e. The van der Waals surface area contributed by atoms with Crippen LogP contribution in [0.4, 0.5) is 0 Å². The predicted octanol–water partition coefficient (Wildman–Crippen LogP) is -3.44. The van der Waals surface area contributed by atoms with Gasteiger partial charge in [0.05, 0.1) is 14.9 Å². The van der Waals surface area contributed by atoms with Gasteiger partial charge in [0.25, 0.3) is 0 Å². The molecule has 0 radical (unpaired) electrons. The van der Waals surface area contributed by atoms with Crippen molar-refractivity contribution in [2.75, 3.05) is 0 Å². The molecule has 0 bridgehead atoms. The van der Waals surface area contributed by atoms with Crippen molar-refractivity contribution in [1.82, 2.24) is 0 Å². The summed E-state index contributed by atoms with van der Waals surface area (Å²) in [5, 5.41) is 0. The summed E-state index contributed by atoms with van der Waals surface area (Å²) in [6.45, 7) is 4.61. The van der Waals surface area contributed by atoms with Gasteiger partial charge in [-0.1, -0.05) is 19.7 Å². The summed E-state index contributed by atoms with van der Waals surface area (Å²) in [7, 11) is 10.8. The van der Waals surface area contributed by atoms with Crippen molar-refractivity contribution >= 4 is 50.2 Å². The molecule has 0 amide bonds. The van der Waals surface area contributed by atoms with Crippen molar-refractivity contribution in [2.45, 2.75) is 19.7 Å². The molecule has 0 rings (SSSR count). The second kappa shape index (κ2) is 7.56. The summed E-state index contributed by atoms with van der Waals surface area (Å²) in [6.07, 6.45) is 0. The van der Waals surface area contributed by atoms with E-state index < -0.39 is 0 Å². The maximum atomic E-state index is 2.31. The quantitative estimate of drug-likeness (QED) is 0.257. The Labute approximate surface area is 70.4 Å². The monoisotopic (exact) mass is 128 g/mol. The van der Waals surface area contributed by atoms with E-state index in [1.165, 1.54) is 42.5 Å². The predicted molar refractivity (Wildman–Crippen MR) is 66.5 cm³/mol. The van der Waals surface area contributed by atoms with Gasteiger partial charge in [-0.25, -0.2) is 0 Å². The van der Waals surface area contributed by atoms with Crippen LogP contribution in [0.2, 0.25) is 5.82 Å². The van der Waals surface area contributed by atoms with E-state index in [0.717, 1.165) is 5.82 Å². The van der Waals surface area contributed by atoms with Gasteiger partial charge in [0.15, 0.2) is 0 Å². The van der Waals surface area contributed by atoms with Gasteiger partial charge < -0.3 is 0 Å². The van der Waals surface area contributed by atoms with Crippen molar-refractivity contribution in [3.05, 3.63) is 0 Å². The Bertz CT molecular complexity index is 63.9. The molecule has 0 aromatic carbocycles. The molecule has 0 atom stereocenters. The van der Waals surface area contributed by atoms with E-state index in [4.69, 9.17) is 0 Å². The summed E-state index contributed by atoms with van der Waals surface area (Å²) in [4.78, 5) is 0. The summed E-state index contributed by atoms with van der Waals surface area (Å²) >= 11 is 0. The smallest absolute Gasteiger partial charge is 0.0796 e. The fourth-order valence-corrected chi connectivity index (χ4v) is 1.16. The maximum absolute atomic E-state index is 2.31. The Morgan fingerprint density at radius 2 is 1.60 bits per heavy atom. The molecule has 0 aliphatic rings. The average Bonchev–Trinajstić information content (AvgIpc) is 1.87. The highest BCUT2D eigenvalue weighted by atomic mass is 13.6. The molecule has 0 aromatic heterocycles. The second-order valence-electron chi connectivity index (χ2n) is 3.60. The Hall–Kier alpha value is 0.455. The summed E-state index contributed by atoms with van der Waals surface area (Å²) < 4.78 is 0. The first-order chi connectivity index (χ1) is 4.77.